The number of nitrogens with two attached hydrogens (primary N) is 1. The summed E-state index contributed by atoms with van der Waals surface area (Å²) in [4.78, 5) is 0. The number of benzene rings is 1. The van der Waals surface area contributed by atoms with Gasteiger partial charge in [0.15, 0.2) is 0 Å². The Bertz CT molecular complexity index is 538. The number of rotatable bonds is 4. The summed E-state index contributed by atoms with van der Waals surface area (Å²) in [7, 11) is 0. The van der Waals surface area contributed by atoms with Crippen LogP contribution in [0.5, 0.6) is 5.75 Å². The molecule has 0 fully saturated rings. The third-order valence-corrected chi connectivity index (χ3v) is 3.00. The van der Waals surface area contributed by atoms with E-state index in [0.717, 1.165) is 17.3 Å². The highest BCUT2D eigenvalue weighted by Crippen LogP contribution is 2.26. The van der Waals surface area contributed by atoms with E-state index >= 15 is 0 Å². The fourth-order valence-electron chi connectivity index (χ4n) is 1.82. The predicted octanol–water partition coefficient (Wildman–Crippen LogP) is 3.61. The molecule has 1 aromatic heterocycles. The van der Waals surface area contributed by atoms with Crippen molar-refractivity contribution in [2.45, 2.75) is 39.3 Å². The second-order valence-corrected chi connectivity index (χ2v) is 5.64. The first-order chi connectivity index (χ1) is 8.99. The molecule has 0 radical (unpaired) electrons. The van der Waals surface area contributed by atoms with Crippen molar-refractivity contribution >= 4 is 0 Å². The highest BCUT2D eigenvalue weighted by molar-refractivity contribution is 5.32. The first-order valence-corrected chi connectivity index (χ1v) is 6.50. The molecule has 0 amide bonds. The molecule has 1 aromatic carbocycles. The summed E-state index contributed by atoms with van der Waals surface area (Å²) in [6.07, 6.45) is 0. The van der Waals surface area contributed by atoms with Crippen LogP contribution in [-0.2, 0) is 18.6 Å². The first-order valence-electron chi connectivity index (χ1n) is 6.50. The molecule has 0 saturated carbocycles. The average Bonchev–Trinajstić information content (AvgIpc) is 2.84. The van der Waals surface area contributed by atoms with Gasteiger partial charge >= 0.3 is 0 Å². The van der Waals surface area contributed by atoms with E-state index in [1.54, 1.807) is 0 Å². The smallest absolute Gasteiger partial charge is 0.146 e. The molecule has 0 spiro atoms. The van der Waals surface area contributed by atoms with E-state index < -0.39 is 0 Å². The predicted molar refractivity (Wildman–Crippen MR) is 76.1 cm³/mol. The molecule has 0 saturated heterocycles. The fraction of sp³-hybridized carbons (Fsp3) is 0.375. The quantitative estimate of drug-likeness (QED) is 0.912. The number of furan rings is 1. The zero-order valence-electron chi connectivity index (χ0n) is 11.8. The van der Waals surface area contributed by atoms with Crippen LogP contribution in [0.4, 0.5) is 0 Å². The Balaban J connectivity index is 2.03. The highest BCUT2D eigenvalue weighted by Gasteiger charge is 2.14. The molecule has 2 N–H and O–H groups in total. The molecule has 0 aliphatic carbocycles. The number of ether oxygens (including phenoxy) is 1. The van der Waals surface area contributed by atoms with Crippen molar-refractivity contribution in [3.8, 4) is 5.75 Å². The normalized spacial score (nSPS) is 11.6. The van der Waals surface area contributed by atoms with E-state index in [-0.39, 0.29) is 5.41 Å². The minimum absolute atomic E-state index is 0.122. The molecule has 3 heteroatoms. The molecule has 0 aliphatic rings. The van der Waals surface area contributed by atoms with Gasteiger partial charge in [-0.05, 0) is 35.2 Å². The minimum atomic E-state index is 0.122. The molecule has 0 bridgehead atoms. The zero-order valence-corrected chi connectivity index (χ0v) is 11.8. The van der Waals surface area contributed by atoms with E-state index in [2.05, 4.69) is 32.9 Å². The molecule has 2 aromatic rings. The lowest BCUT2D eigenvalue weighted by atomic mass is 9.87. The van der Waals surface area contributed by atoms with Gasteiger partial charge in [0.1, 0.15) is 23.9 Å². The van der Waals surface area contributed by atoms with Gasteiger partial charge in [-0.3, -0.25) is 0 Å². The lowest BCUT2D eigenvalue weighted by molar-refractivity contribution is 0.265. The molecular formula is C16H21NO2. The third-order valence-electron chi connectivity index (χ3n) is 3.00. The van der Waals surface area contributed by atoms with Crippen molar-refractivity contribution in [2.24, 2.45) is 5.73 Å². The van der Waals surface area contributed by atoms with Gasteiger partial charge < -0.3 is 14.9 Å². The van der Waals surface area contributed by atoms with E-state index in [4.69, 9.17) is 14.9 Å². The van der Waals surface area contributed by atoms with Crippen LogP contribution in [0.25, 0.3) is 0 Å². The fourth-order valence-corrected chi connectivity index (χ4v) is 1.82. The molecule has 0 unspecified atom stereocenters. The monoisotopic (exact) mass is 259 g/mol. The third kappa shape index (κ3) is 3.61. The highest BCUT2D eigenvalue weighted by atomic mass is 16.5. The maximum atomic E-state index is 5.75. The SMILES string of the molecule is CC(C)(C)c1cccc(OCc2ccc(CN)o2)c1. The minimum Gasteiger partial charge on any atom is -0.486 e. The van der Waals surface area contributed by atoms with Crippen molar-refractivity contribution in [2.75, 3.05) is 0 Å². The summed E-state index contributed by atoms with van der Waals surface area (Å²) in [6, 6.07) is 11.9. The lowest BCUT2D eigenvalue weighted by Crippen LogP contribution is -2.10. The van der Waals surface area contributed by atoms with Crippen LogP contribution in [0.1, 0.15) is 37.9 Å². The van der Waals surface area contributed by atoms with Crippen LogP contribution in [0, 0.1) is 0 Å². The topological polar surface area (TPSA) is 48.4 Å². The Morgan fingerprint density at radius 2 is 1.84 bits per heavy atom. The van der Waals surface area contributed by atoms with Gasteiger partial charge in [0.05, 0.1) is 6.54 Å². The summed E-state index contributed by atoms with van der Waals surface area (Å²) >= 11 is 0. The molecular weight excluding hydrogens is 238 g/mol. The Morgan fingerprint density at radius 3 is 2.47 bits per heavy atom. The van der Waals surface area contributed by atoms with Crippen molar-refractivity contribution in [3.63, 3.8) is 0 Å². The number of hydrogen-bond acceptors (Lipinski definition) is 3. The Morgan fingerprint density at radius 1 is 1.11 bits per heavy atom. The van der Waals surface area contributed by atoms with Gasteiger partial charge in [0.2, 0.25) is 0 Å². The molecule has 1 heterocycles. The summed E-state index contributed by atoms with van der Waals surface area (Å²) in [6.45, 7) is 7.40. The van der Waals surface area contributed by atoms with Crippen LogP contribution >= 0.6 is 0 Å². The van der Waals surface area contributed by atoms with Crippen LogP contribution in [0.2, 0.25) is 0 Å². The maximum absolute atomic E-state index is 5.75. The van der Waals surface area contributed by atoms with Gasteiger partial charge in [-0.15, -0.1) is 0 Å². The maximum Gasteiger partial charge on any atom is 0.146 e. The van der Waals surface area contributed by atoms with E-state index in [1.165, 1.54) is 5.56 Å². The Hall–Kier alpha value is -1.74. The van der Waals surface area contributed by atoms with Crippen molar-refractivity contribution in [1.29, 1.82) is 0 Å². The van der Waals surface area contributed by atoms with Crippen LogP contribution in [-0.4, -0.2) is 0 Å². The zero-order chi connectivity index (χ0) is 13.9. The second kappa shape index (κ2) is 5.49. The van der Waals surface area contributed by atoms with E-state index in [1.807, 2.05) is 24.3 Å². The summed E-state index contributed by atoms with van der Waals surface area (Å²) < 4.78 is 11.3. The summed E-state index contributed by atoms with van der Waals surface area (Å²) in [5, 5.41) is 0. The second-order valence-electron chi connectivity index (χ2n) is 5.64. The molecule has 0 atom stereocenters. The summed E-state index contributed by atoms with van der Waals surface area (Å²) in [5.74, 6) is 2.43. The van der Waals surface area contributed by atoms with Gasteiger partial charge in [-0.2, -0.15) is 0 Å². The van der Waals surface area contributed by atoms with Crippen molar-refractivity contribution < 1.29 is 9.15 Å². The van der Waals surface area contributed by atoms with Crippen LogP contribution in [0.3, 0.4) is 0 Å². The van der Waals surface area contributed by atoms with Crippen molar-refractivity contribution in [1.82, 2.24) is 0 Å². The van der Waals surface area contributed by atoms with Gasteiger partial charge in [0.25, 0.3) is 0 Å². The van der Waals surface area contributed by atoms with Gasteiger partial charge in [-0.25, -0.2) is 0 Å². The largest absolute Gasteiger partial charge is 0.486 e. The van der Waals surface area contributed by atoms with Crippen LogP contribution in [0.15, 0.2) is 40.8 Å². The first kappa shape index (κ1) is 13.7. The van der Waals surface area contributed by atoms with Gasteiger partial charge in [0, 0.05) is 0 Å². The number of hydrogen-bond donors (Lipinski definition) is 1. The molecule has 102 valence electrons. The lowest BCUT2D eigenvalue weighted by Gasteiger charge is -2.19. The molecule has 3 nitrogen and oxygen atoms in total. The Kier molecular flexibility index (Phi) is 3.96. The average molecular weight is 259 g/mol. The molecule has 2 rings (SSSR count). The van der Waals surface area contributed by atoms with E-state index in [9.17, 15) is 0 Å². The molecule has 19 heavy (non-hydrogen) atoms. The van der Waals surface area contributed by atoms with Crippen LogP contribution < -0.4 is 10.5 Å². The Labute approximate surface area is 114 Å². The van der Waals surface area contributed by atoms with Gasteiger partial charge in [-0.1, -0.05) is 32.9 Å². The summed E-state index contributed by atoms with van der Waals surface area (Å²) in [5.41, 5.74) is 6.88. The standard InChI is InChI=1S/C16H21NO2/c1-16(2,3)12-5-4-6-13(9-12)18-11-15-8-7-14(10-17)19-15/h4-9H,10-11,17H2,1-3H3. The molecule has 0 aliphatic heterocycles. The van der Waals surface area contributed by atoms with E-state index in [0.29, 0.717) is 13.2 Å². The van der Waals surface area contributed by atoms with Crippen molar-refractivity contribution in [3.05, 3.63) is 53.5 Å².